The number of rotatable bonds is 7. The number of hydrogen-bond acceptors (Lipinski definition) is 2. The minimum atomic E-state index is -1.30. The summed E-state index contributed by atoms with van der Waals surface area (Å²) < 4.78 is 0. The van der Waals surface area contributed by atoms with Crippen LogP contribution in [-0.4, -0.2) is 22.2 Å². The zero-order chi connectivity index (χ0) is 13.4. The van der Waals surface area contributed by atoms with Crippen molar-refractivity contribution in [1.29, 1.82) is 0 Å². The maximum atomic E-state index is 10.6. The molecule has 0 bridgehead atoms. The molecule has 0 spiro atoms. The Kier molecular flexibility index (Phi) is 5.64. The molecule has 0 unspecified atom stereocenters. The van der Waals surface area contributed by atoms with Gasteiger partial charge >= 0.3 is 11.9 Å². The lowest BCUT2D eigenvalue weighted by Crippen LogP contribution is -2.23. The molecule has 0 saturated carbocycles. The Morgan fingerprint density at radius 2 is 1.72 bits per heavy atom. The number of carbonyl (C=O) groups is 2. The highest BCUT2D eigenvalue weighted by molar-refractivity contribution is 5.92. The highest BCUT2D eigenvalue weighted by Gasteiger charge is 2.24. The molecule has 1 aromatic rings. The first-order chi connectivity index (χ1) is 8.61. The number of unbranched alkanes of at least 4 members (excludes halogenated alkanes) is 1. The van der Waals surface area contributed by atoms with Gasteiger partial charge in [-0.3, -0.25) is 9.59 Å². The number of carboxylic acid groups (broad SMARTS) is 2. The number of allylic oxidation sites excluding steroid dienone is 1. The molecule has 0 radical (unpaired) electrons. The molecule has 0 aliphatic carbocycles. The monoisotopic (exact) mass is 248 g/mol. The molecule has 1 aromatic carbocycles. The molecule has 0 aliphatic heterocycles. The fourth-order valence-corrected chi connectivity index (χ4v) is 1.58. The second kappa shape index (κ2) is 7.27. The van der Waals surface area contributed by atoms with Crippen molar-refractivity contribution in [2.24, 2.45) is 5.92 Å². The van der Waals surface area contributed by atoms with E-state index < -0.39 is 17.9 Å². The number of benzene rings is 1. The van der Waals surface area contributed by atoms with Gasteiger partial charge in [0.25, 0.3) is 0 Å². The molecule has 0 saturated heterocycles. The first kappa shape index (κ1) is 14.0. The fraction of sp³-hybridized carbons (Fsp3) is 0.286. The summed E-state index contributed by atoms with van der Waals surface area (Å²) in [7, 11) is 0. The van der Waals surface area contributed by atoms with Gasteiger partial charge in [0.2, 0.25) is 0 Å². The molecule has 4 heteroatoms. The van der Waals surface area contributed by atoms with Crippen molar-refractivity contribution in [1.82, 2.24) is 0 Å². The van der Waals surface area contributed by atoms with Gasteiger partial charge in [-0.05, 0) is 24.8 Å². The smallest absolute Gasteiger partial charge is 0.317 e. The Labute approximate surface area is 106 Å². The van der Waals surface area contributed by atoms with Gasteiger partial charge in [-0.15, -0.1) is 0 Å². The van der Waals surface area contributed by atoms with E-state index in [-0.39, 0.29) is 6.42 Å². The van der Waals surface area contributed by atoms with Crippen molar-refractivity contribution >= 4 is 18.0 Å². The van der Waals surface area contributed by atoms with Gasteiger partial charge in [-0.1, -0.05) is 42.5 Å². The van der Waals surface area contributed by atoms with Gasteiger partial charge < -0.3 is 10.2 Å². The zero-order valence-electron chi connectivity index (χ0n) is 9.95. The molecule has 4 nitrogen and oxygen atoms in total. The zero-order valence-corrected chi connectivity index (χ0v) is 9.95. The van der Waals surface area contributed by atoms with Gasteiger partial charge in [0, 0.05) is 0 Å². The van der Waals surface area contributed by atoms with Gasteiger partial charge in [0.15, 0.2) is 5.92 Å². The third-order valence-corrected chi connectivity index (χ3v) is 2.57. The van der Waals surface area contributed by atoms with Crippen molar-refractivity contribution in [2.75, 3.05) is 0 Å². The van der Waals surface area contributed by atoms with Crippen molar-refractivity contribution in [3.63, 3.8) is 0 Å². The molecule has 18 heavy (non-hydrogen) atoms. The molecule has 0 heterocycles. The van der Waals surface area contributed by atoms with Crippen LogP contribution in [0.3, 0.4) is 0 Å². The van der Waals surface area contributed by atoms with Crippen molar-refractivity contribution in [3.8, 4) is 0 Å². The van der Waals surface area contributed by atoms with E-state index in [0.29, 0.717) is 12.8 Å². The molecule has 0 amide bonds. The van der Waals surface area contributed by atoms with Gasteiger partial charge in [-0.2, -0.15) is 0 Å². The summed E-state index contributed by atoms with van der Waals surface area (Å²) in [6.45, 7) is 0. The third-order valence-electron chi connectivity index (χ3n) is 2.57. The van der Waals surface area contributed by atoms with E-state index in [2.05, 4.69) is 0 Å². The molecule has 0 aliphatic rings. The van der Waals surface area contributed by atoms with Crippen LogP contribution in [0.2, 0.25) is 0 Å². The Hall–Kier alpha value is -2.10. The van der Waals surface area contributed by atoms with E-state index >= 15 is 0 Å². The summed E-state index contributed by atoms with van der Waals surface area (Å²) in [6.07, 6.45) is 5.25. The predicted octanol–water partition coefficient (Wildman–Crippen LogP) is 2.66. The van der Waals surface area contributed by atoms with Crippen LogP contribution < -0.4 is 0 Å². The standard InChI is InChI=1S/C14H16O4/c15-13(16)12(14(17)18)10-6-2-5-9-11-7-3-1-4-8-11/h1,3-5,7-9,12H,2,6,10H2,(H,15,16)(H,17,18). The van der Waals surface area contributed by atoms with Crippen LogP contribution in [-0.2, 0) is 9.59 Å². The largest absolute Gasteiger partial charge is 0.481 e. The van der Waals surface area contributed by atoms with Crippen LogP contribution >= 0.6 is 0 Å². The Morgan fingerprint density at radius 1 is 1.11 bits per heavy atom. The molecule has 1 rings (SSSR count). The number of aliphatic carboxylic acids is 2. The number of hydrogen-bond donors (Lipinski definition) is 2. The minimum absolute atomic E-state index is 0.157. The summed E-state index contributed by atoms with van der Waals surface area (Å²) in [5.41, 5.74) is 1.07. The summed E-state index contributed by atoms with van der Waals surface area (Å²) in [5.74, 6) is -3.83. The van der Waals surface area contributed by atoms with E-state index in [0.717, 1.165) is 5.56 Å². The van der Waals surface area contributed by atoms with Crippen molar-refractivity contribution in [3.05, 3.63) is 42.0 Å². The first-order valence-corrected chi connectivity index (χ1v) is 5.78. The maximum absolute atomic E-state index is 10.6. The van der Waals surface area contributed by atoms with E-state index in [1.54, 1.807) is 0 Å². The average Bonchev–Trinajstić information content (AvgIpc) is 2.34. The molecule has 96 valence electrons. The van der Waals surface area contributed by atoms with Crippen molar-refractivity contribution < 1.29 is 19.8 Å². The summed E-state index contributed by atoms with van der Waals surface area (Å²) in [5, 5.41) is 17.4. The highest BCUT2D eigenvalue weighted by Crippen LogP contribution is 2.11. The second-order valence-corrected chi connectivity index (χ2v) is 3.97. The summed E-state index contributed by atoms with van der Waals surface area (Å²) in [6, 6.07) is 9.73. The maximum Gasteiger partial charge on any atom is 0.317 e. The van der Waals surface area contributed by atoms with Gasteiger partial charge in [-0.25, -0.2) is 0 Å². The van der Waals surface area contributed by atoms with Gasteiger partial charge in [0.05, 0.1) is 0 Å². The molecule has 2 N–H and O–H groups in total. The summed E-state index contributed by atoms with van der Waals surface area (Å²) >= 11 is 0. The predicted molar refractivity (Wildman–Crippen MR) is 68.1 cm³/mol. The number of carboxylic acids is 2. The van der Waals surface area contributed by atoms with Crippen LogP contribution in [0.5, 0.6) is 0 Å². The lowest BCUT2D eigenvalue weighted by molar-refractivity contribution is -0.154. The Bertz CT molecular complexity index is 409. The van der Waals surface area contributed by atoms with E-state index in [4.69, 9.17) is 10.2 Å². The molecular weight excluding hydrogens is 232 g/mol. The second-order valence-electron chi connectivity index (χ2n) is 3.97. The molecular formula is C14H16O4. The lowest BCUT2D eigenvalue weighted by atomic mass is 10.0. The highest BCUT2D eigenvalue weighted by atomic mass is 16.4. The van der Waals surface area contributed by atoms with Crippen LogP contribution in [0.15, 0.2) is 36.4 Å². The quantitative estimate of drug-likeness (QED) is 0.574. The SMILES string of the molecule is O=C(O)C(CCCC=Cc1ccccc1)C(=O)O. The lowest BCUT2D eigenvalue weighted by Gasteiger charge is -2.05. The normalized spacial score (nSPS) is 10.9. The molecule has 0 atom stereocenters. The van der Waals surface area contributed by atoms with E-state index in [9.17, 15) is 9.59 Å². The molecule has 0 aromatic heterocycles. The third kappa shape index (κ3) is 4.82. The first-order valence-electron chi connectivity index (χ1n) is 5.78. The fourth-order valence-electron chi connectivity index (χ4n) is 1.58. The average molecular weight is 248 g/mol. The molecule has 0 fully saturated rings. The minimum Gasteiger partial charge on any atom is -0.481 e. The van der Waals surface area contributed by atoms with E-state index in [1.807, 2.05) is 42.5 Å². The Balaban J connectivity index is 2.32. The Morgan fingerprint density at radius 3 is 2.28 bits per heavy atom. The van der Waals surface area contributed by atoms with E-state index in [1.165, 1.54) is 0 Å². The van der Waals surface area contributed by atoms with Gasteiger partial charge in [0.1, 0.15) is 0 Å². The van der Waals surface area contributed by atoms with Crippen LogP contribution in [0, 0.1) is 5.92 Å². The topological polar surface area (TPSA) is 74.6 Å². The van der Waals surface area contributed by atoms with Crippen molar-refractivity contribution in [2.45, 2.75) is 19.3 Å². The summed E-state index contributed by atoms with van der Waals surface area (Å²) in [4.78, 5) is 21.3. The van der Waals surface area contributed by atoms with Crippen LogP contribution in [0.25, 0.3) is 6.08 Å². The van der Waals surface area contributed by atoms with Crippen LogP contribution in [0.1, 0.15) is 24.8 Å². The van der Waals surface area contributed by atoms with Crippen LogP contribution in [0.4, 0.5) is 0 Å².